The quantitative estimate of drug-likeness (QED) is 0.722. The highest BCUT2D eigenvalue weighted by molar-refractivity contribution is 8.00. The van der Waals surface area contributed by atoms with Crippen molar-refractivity contribution in [3.63, 3.8) is 0 Å². The van der Waals surface area contributed by atoms with Crippen LogP contribution in [0.5, 0.6) is 0 Å². The number of nitrogens with one attached hydrogen (secondary N) is 2. The Morgan fingerprint density at radius 3 is 2.52 bits per heavy atom. The number of thioether (sulfide) groups is 1. The predicted octanol–water partition coefficient (Wildman–Crippen LogP) is 3.51. The van der Waals surface area contributed by atoms with Gasteiger partial charge in [-0.3, -0.25) is 4.79 Å². The fourth-order valence-corrected chi connectivity index (χ4v) is 2.99. The molecule has 2 unspecified atom stereocenters. The monoisotopic (exact) mass is 306 g/mol. The fraction of sp³-hybridized carbons (Fsp3) is 0.588. The smallest absolute Gasteiger partial charge is 0.233 e. The van der Waals surface area contributed by atoms with Gasteiger partial charge in [-0.15, -0.1) is 11.8 Å². The molecule has 0 heterocycles. The van der Waals surface area contributed by atoms with Gasteiger partial charge in [0, 0.05) is 17.0 Å². The second-order valence-corrected chi connectivity index (χ2v) is 7.20. The molecule has 0 aromatic heterocycles. The number of carbonyl (C=O) groups is 1. The topological polar surface area (TPSA) is 41.1 Å². The fourth-order valence-electron chi connectivity index (χ4n) is 2.12. The van der Waals surface area contributed by atoms with Crippen LogP contribution in [0.4, 0.5) is 0 Å². The molecule has 1 fully saturated rings. The highest BCUT2D eigenvalue weighted by Gasteiger charge is 2.25. The van der Waals surface area contributed by atoms with Gasteiger partial charge in [-0.1, -0.05) is 19.1 Å². The Labute approximate surface area is 132 Å². The molecule has 2 atom stereocenters. The van der Waals surface area contributed by atoms with Crippen molar-refractivity contribution < 1.29 is 4.79 Å². The van der Waals surface area contributed by atoms with Crippen LogP contribution in [0.1, 0.15) is 51.6 Å². The summed E-state index contributed by atoms with van der Waals surface area (Å²) in [5.74, 6) is 0.157. The van der Waals surface area contributed by atoms with E-state index >= 15 is 0 Å². The van der Waals surface area contributed by atoms with E-state index in [1.807, 2.05) is 6.92 Å². The summed E-state index contributed by atoms with van der Waals surface area (Å²) in [7, 11) is 0. The molecule has 0 bridgehead atoms. The lowest BCUT2D eigenvalue weighted by molar-refractivity contribution is -0.120. The van der Waals surface area contributed by atoms with Crippen LogP contribution in [0.3, 0.4) is 0 Å². The molecule has 1 aliphatic carbocycles. The van der Waals surface area contributed by atoms with Crippen molar-refractivity contribution in [1.82, 2.24) is 10.6 Å². The maximum absolute atomic E-state index is 11.9. The zero-order valence-corrected chi connectivity index (χ0v) is 14.0. The van der Waals surface area contributed by atoms with Gasteiger partial charge in [0.15, 0.2) is 0 Å². The van der Waals surface area contributed by atoms with Crippen molar-refractivity contribution in [3.8, 4) is 0 Å². The van der Waals surface area contributed by atoms with Gasteiger partial charge in [-0.05, 0) is 57.4 Å². The van der Waals surface area contributed by atoms with E-state index in [9.17, 15) is 4.79 Å². The molecule has 21 heavy (non-hydrogen) atoms. The zero-order chi connectivity index (χ0) is 15.2. The van der Waals surface area contributed by atoms with Gasteiger partial charge in [0.05, 0.1) is 5.25 Å². The Kier molecular flexibility index (Phi) is 6.12. The van der Waals surface area contributed by atoms with Crippen molar-refractivity contribution >= 4 is 17.7 Å². The molecule has 0 aliphatic heterocycles. The summed E-state index contributed by atoms with van der Waals surface area (Å²) in [4.78, 5) is 13.1. The molecule has 1 aromatic carbocycles. The molecule has 1 aliphatic rings. The molecule has 4 heteroatoms. The first kappa shape index (κ1) is 16.4. The summed E-state index contributed by atoms with van der Waals surface area (Å²) < 4.78 is 0. The first-order chi connectivity index (χ1) is 10.1. The molecule has 1 amide bonds. The van der Waals surface area contributed by atoms with Gasteiger partial charge in [0.1, 0.15) is 0 Å². The summed E-state index contributed by atoms with van der Waals surface area (Å²) in [5, 5.41) is 6.51. The molecule has 3 nitrogen and oxygen atoms in total. The van der Waals surface area contributed by atoms with Crippen LogP contribution in [-0.4, -0.2) is 23.7 Å². The second-order valence-electron chi connectivity index (χ2n) is 5.79. The lowest BCUT2D eigenvalue weighted by Crippen LogP contribution is -2.32. The number of amides is 1. The number of benzene rings is 1. The van der Waals surface area contributed by atoms with Crippen LogP contribution < -0.4 is 10.6 Å². The van der Waals surface area contributed by atoms with Crippen molar-refractivity contribution in [1.29, 1.82) is 0 Å². The summed E-state index contributed by atoms with van der Waals surface area (Å²) in [6, 6.07) is 9.35. The standard InChI is InChI=1S/C17H26N2OS/c1-4-11-18-12(2)14-5-9-16(10-6-14)21-13(3)17(20)19-15-7-8-15/h5-6,9-10,12-13,15,18H,4,7-8,11H2,1-3H3,(H,19,20). The molecular formula is C17H26N2OS. The van der Waals surface area contributed by atoms with Crippen LogP contribution in [0.15, 0.2) is 29.2 Å². The van der Waals surface area contributed by atoms with Crippen molar-refractivity contribution in [2.45, 2.75) is 62.3 Å². The van der Waals surface area contributed by atoms with Gasteiger partial charge < -0.3 is 10.6 Å². The van der Waals surface area contributed by atoms with Crippen LogP contribution in [0.2, 0.25) is 0 Å². The average Bonchev–Trinajstić information content (AvgIpc) is 3.29. The van der Waals surface area contributed by atoms with E-state index in [2.05, 4.69) is 48.7 Å². The maximum atomic E-state index is 11.9. The molecule has 1 saturated carbocycles. The van der Waals surface area contributed by atoms with E-state index < -0.39 is 0 Å². The minimum absolute atomic E-state index is 0.0351. The van der Waals surface area contributed by atoms with Crippen LogP contribution in [0, 0.1) is 0 Å². The lowest BCUT2D eigenvalue weighted by atomic mass is 10.1. The van der Waals surface area contributed by atoms with E-state index in [4.69, 9.17) is 0 Å². The summed E-state index contributed by atoms with van der Waals surface area (Å²) in [5.41, 5.74) is 1.29. The van der Waals surface area contributed by atoms with E-state index in [0.717, 1.165) is 30.7 Å². The third kappa shape index (κ3) is 5.36. The third-order valence-electron chi connectivity index (χ3n) is 3.69. The second kappa shape index (κ2) is 7.85. The minimum Gasteiger partial charge on any atom is -0.352 e. The Morgan fingerprint density at radius 1 is 1.29 bits per heavy atom. The molecule has 0 radical (unpaired) electrons. The highest BCUT2D eigenvalue weighted by atomic mass is 32.2. The molecule has 0 spiro atoms. The van der Waals surface area contributed by atoms with Gasteiger partial charge in [-0.25, -0.2) is 0 Å². The van der Waals surface area contributed by atoms with Crippen LogP contribution in [-0.2, 0) is 4.79 Å². The van der Waals surface area contributed by atoms with Crippen molar-refractivity contribution in [2.75, 3.05) is 6.54 Å². The Hall–Kier alpha value is -1.00. The number of hydrogen-bond acceptors (Lipinski definition) is 3. The third-order valence-corrected chi connectivity index (χ3v) is 4.80. The van der Waals surface area contributed by atoms with Gasteiger partial charge >= 0.3 is 0 Å². The van der Waals surface area contributed by atoms with Crippen molar-refractivity contribution in [2.24, 2.45) is 0 Å². The van der Waals surface area contributed by atoms with E-state index in [1.54, 1.807) is 11.8 Å². The zero-order valence-electron chi connectivity index (χ0n) is 13.2. The average molecular weight is 306 g/mol. The Bertz CT molecular complexity index is 456. The summed E-state index contributed by atoms with van der Waals surface area (Å²) in [6.07, 6.45) is 3.42. The normalized spacial score (nSPS) is 17.3. The predicted molar refractivity (Wildman–Crippen MR) is 89.6 cm³/mol. The van der Waals surface area contributed by atoms with Gasteiger partial charge in [0.2, 0.25) is 5.91 Å². The first-order valence-corrected chi connectivity index (χ1v) is 8.78. The summed E-state index contributed by atoms with van der Waals surface area (Å²) >= 11 is 1.63. The van der Waals surface area contributed by atoms with Gasteiger partial charge in [0.25, 0.3) is 0 Å². The SMILES string of the molecule is CCCNC(C)c1ccc(SC(C)C(=O)NC2CC2)cc1. The van der Waals surface area contributed by atoms with E-state index in [0.29, 0.717) is 12.1 Å². The molecular weight excluding hydrogens is 280 g/mol. The van der Waals surface area contributed by atoms with Gasteiger partial charge in [-0.2, -0.15) is 0 Å². The number of rotatable bonds is 8. The molecule has 1 aromatic rings. The Morgan fingerprint density at radius 2 is 1.95 bits per heavy atom. The molecule has 2 rings (SSSR count). The van der Waals surface area contributed by atoms with Crippen LogP contribution >= 0.6 is 11.8 Å². The summed E-state index contributed by atoms with van der Waals surface area (Å²) in [6.45, 7) is 7.37. The number of hydrogen-bond donors (Lipinski definition) is 2. The maximum Gasteiger partial charge on any atom is 0.233 e. The minimum atomic E-state index is -0.0351. The van der Waals surface area contributed by atoms with E-state index in [-0.39, 0.29) is 11.2 Å². The largest absolute Gasteiger partial charge is 0.352 e. The lowest BCUT2D eigenvalue weighted by Gasteiger charge is -2.15. The van der Waals surface area contributed by atoms with Crippen LogP contribution in [0.25, 0.3) is 0 Å². The first-order valence-electron chi connectivity index (χ1n) is 7.90. The highest BCUT2D eigenvalue weighted by Crippen LogP contribution is 2.26. The van der Waals surface area contributed by atoms with E-state index in [1.165, 1.54) is 5.56 Å². The Balaban J connectivity index is 1.84. The number of carbonyl (C=O) groups excluding carboxylic acids is 1. The van der Waals surface area contributed by atoms with Crippen molar-refractivity contribution in [3.05, 3.63) is 29.8 Å². The molecule has 0 saturated heterocycles. The molecule has 116 valence electrons. The molecule has 2 N–H and O–H groups in total.